The standard InChI is InChI=1S/C26H29BrN4O/c1-6-16(3)25-29-23-13-12-19(27)14-21(23)26(32)31(25)28-15-22-18(5)30(17(4)7-2)24-11-9-8-10-20(22)24/h8-17H,6-7H2,1-5H3/t16-,17-/m0/s1. The summed E-state index contributed by atoms with van der Waals surface area (Å²) in [6, 6.07) is 14.4. The van der Waals surface area contributed by atoms with Crippen LogP contribution in [0.1, 0.15) is 69.6 Å². The molecular weight excluding hydrogens is 464 g/mol. The summed E-state index contributed by atoms with van der Waals surface area (Å²) in [6.07, 6.45) is 3.74. The maximum Gasteiger partial charge on any atom is 0.282 e. The fourth-order valence-electron chi connectivity index (χ4n) is 4.22. The van der Waals surface area contributed by atoms with E-state index in [9.17, 15) is 4.79 Å². The Hall–Kier alpha value is -2.73. The molecule has 0 N–H and O–H groups in total. The van der Waals surface area contributed by atoms with Crippen LogP contribution >= 0.6 is 15.9 Å². The van der Waals surface area contributed by atoms with Crippen LogP contribution in [0.15, 0.2) is 56.8 Å². The summed E-state index contributed by atoms with van der Waals surface area (Å²) in [4.78, 5) is 18.2. The van der Waals surface area contributed by atoms with Crippen molar-refractivity contribution < 1.29 is 0 Å². The van der Waals surface area contributed by atoms with Gasteiger partial charge in [-0.3, -0.25) is 4.79 Å². The van der Waals surface area contributed by atoms with Gasteiger partial charge < -0.3 is 4.57 Å². The molecule has 0 bridgehead atoms. The summed E-state index contributed by atoms with van der Waals surface area (Å²) in [5.41, 5.74) is 3.93. The minimum Gasteiger partial charge on any atom is -0.341 e. The van der Waals surface area contributed by atoms with E-state index in [-0.39, 0.29) is 11.5 Å². The zero-order valence-electron chi connectivity index (χ0n) is 19.3. The number of para-hydroxylation sites is 1. The van der Waals surface area contributed by atoms with Crippen molar-refractivity contribution in [1.29, 1.82) is 0 Å². The van der Waals surface area contributed by atoms with Gasteiger partial charge in [0.15, 0.2) is 0 Å². The van der Waals surface area contributed by atoms with Gasteiger partial charge in [-0.1, -0.05) is 54.9 Å². The highest BCUT2D eigenvalue weighted by molar-refractivity contribution is 9.10. The molecule has 166 valence electrons. The largest absolute Gasteiger partial charge is 0.341 e. The average Bonchev–Trinajstić information content (AvgIpc) is 3.08. The topological polar surface area (TPSA) is 52.2 Å². The molecule has 32 heavy (non-hydrogen) atoms. The van der Waals surface area contributed by atoms with Crippen LogP contribution in [0.3, 0.4) is 0 Å². The number of halogens is 1. The zero-order chi connectivity index (χ0) is 23.0. The minimum atomic E-state index is -0.147. The number of nitrogens with zero attached hydrogens (tertiary/aromatic N) is 4. The monoisotopic (exact) mass is 492 g/mol. The van der Waals surface area contributed by atoms with E-state index in [0.29, 0.717) is 22.8 Å². The summed E-state index contributed by atoms with van der Waals surface area (Å²) in [6.45, 7) is 10.7. The van der Waals surface area contributed by atoms with Crippen LogP contribution < -0.4 is 5.56 Å². The lowest BCUT2D eigenvalue weighted by molar-refractivity contribution is 0.537. The Morgan fingerprint density at radius 1 is 1.09 bits per heavy atom. The molecule has 0 fully saturated rings. The van der Waals surface area contributed by atoms with Gasteiger partial charge in [0.2, 0.25) is 0 Å². The second-order valence-corrected chi connectivity index (χ2v) is 9.36. The molecular formula is C26H29BrN4O. The van der Waals surface area contributed by atoms with Crippen LogP contribution in [0.2, 0.25) is 0 Å². The molecule has 0 radical (unpaired) electrons. The smallest absolute Gasteiger partial charge is 0.282 e. The van der Waals surface area contributed by atoms with E-state index < -0.39 is 0 Å². The highest BCUT2D eigenvalue weighted by Crippen LogP contribution is 2.29. The maximum atomic E-state index is 13.4. The van der Waals surface area contributed by atoms with Gasteiger partial charge in [0.1, 0.15) is 5.82 Å². The van der Waals surface area contributed by atoms with Crippen LogP contribution in [0.25, 0.3) is 21.8 Å². The Bertz CT molecular complexity index is 1380. The highest BCUT2D eigenvalue weighted by atomic mass is 79.9. The number of hydrogen-bond acceptors (Lipinski definition) is 3. The highest BCUT2D eigenvalue weighted by Gasteiger charge is 2.18. The lowest BCUT2D eigenvalue weighted by Gasteiger charge is -2.15. The van der Waals surface area contributed by atoms with Crippen molar-refractivity contribution in [2.24, 2.45) is 5.10 Å². The zero-order valence-corrected chi connectivity index (χ0v) is 20.8. The second kappa shape index (κ2) is 9.02. The normalized spacial score (nSPS) is 13.9. The molecule has 6 heteroatoms. The number of fused-ring (bicyclic) bond motifs is 2. The van der Waals surface area contributed by atoms with Gasteiger partial charge in [-0.05, 0) is 51.0 Å². The van der Waals surface area contributed by atoms with Crippen molar-refractivity contribution >= 4 is 44.0 Å². The molecule has 0 aliphatic rings. The van der Waals surface area contributed by atoms with Crippen molar-refractivity contribution in [2.45, 2.75) is 59.4 Å². The lowest BCUT2D eigenvalue weighted by Crippen LogP contribution is -2.23. The van der Waals surface area contributed by atoms with Crippen LogP contribution in [0.4, 0.5) is 0 Å². The third-order valence-electron chi connectivity index (χ3n) is 6.43. The van der Waals surface area contributed by atoms with Crippen LogP contribution in [-0.2, 0) is 0 Å². The van der Waals surface area contributed by atoms with Gasteiger partial charge in [-0.15, -0.1) is 0 Å². The molecule has 0 aliphatic heterocycles. The molecule has 0 amide bonds. The molecule has 0 aliphatic carbocycles. The van der Waals surface area contributed by atoms with Gasteiger partial charge >= 0.3 is 0 Å². The second-order valence-electron chi connectivity index (χ2n) is 8.45. The summed E-state index contributed by atoms with van der Waals surface area (Å²) >= 11 is 3.47. The molecule has 2 aromatic carbocycles. The van der Waals surface area contributed by atoms with E-state index in [1.54, 1.807) is 0 Å². The number of rotatable bonds is 6. The van der Waals surface area contributed by atoms with E-state index in [2.05, 4.69) is 73.3 Å². The van der Waals surface area contributed by atoms with E-state index in [4.69, 9.17) is 10.1 Å². The first-order chi connectivity index (χ1) is 15.4. The Morgan fingerprint density at radius 2 is 1.84 bits per heavy atom. The van der Waals surface area contributed by atoms with Crippen LogP contribution in [-0.4, -0.2) is 20.4 Å². The third kappa shape index (κ3) is 3.81. The van der Waals surface area contributed by atoms with E-state index >= 15 is 0 Å². The predicted octanol–water partition coefficient (Wildman–Crippen LogP) is 6.79. The molecule has 0 unspecified atom stereocenters. The van der Waals surface area contributed by atoms with Crippen molar-refractivity contribution in [3.8, 4) is 0 Å². The molecule has 4 aromatic rings. The molecule has 2 aromatic heterocycles. The van der Waals surface area contributed by atoms with Crippen molar-refractivity contribution in [3.05, 3.63) is 74.4 Å². The fourth-order valence-corrected chi connectivity index (χ4v) is 4.59. The van der Waals surface area contributed by atoms with Gasteiger partial charge in [-0.2, -0.15) is 9.78 Å². The molecule has 0 spiro atoms. The first-order valence-corrected chi connectivity index (χ1v) is 12.0. The third-order valence-corrected chi connectivity index (χ3v) is 6.92. The Labute approximate surface area is 196 Å². The molecule has 4 rings (SSSR count). The average molecular weight is 493 g/mol. The molecule has 0 saturated heterocycles. The maximum absolute atomic E-state index is 13.4. The summed E-state index contributed by atoms with van der Waals surface area (Å²) in [7, 11) is 0. The van der Waals surface area contributed by atoms with Gasteiger partial charge in [0, 0.05) is 38.6 Å². The summed E-state index contributed by atoms with van der Waals surface area (Å²) < 4.78 is 4.70. The molecule has 5 nitrogen and oxygen atoms in total. The van der Waals surface area contributed by atoms with Gasteiger partial charge in [0.25, 0.3) is 5.56 Å². The fraction of sp³-hybridized carbons (Fsp3) is 0.346. The Morgan fingerprint density at radius 3 is 2.56 bits per heavy atom. The predicted molar refractivity (Wildman–Crippen MR) is 137 cm³/mol. The Kier molecular flexibility index (Phi) is 6.33. The molecule has 2 atom stereocenters. The van der Waals surface area contributed by atoms with E-state index in [0.717, 1.165) is 34.0 Å². The summed E-state index contributed by atoms with van der Waals surface area (Å²) in [5.74, 6) is 0.794. The van der Waals surface area contributed by atoms with E-state index in [1.165, 1.54) is 10.2 Å². The molecule has 0 saturated carbocycles. The van der Waals surface area contributed by atoms with Gasteiger partial charge in [0.05, 0.1) is 17.1 Å². The van der Waals surface area contributed by atoms with Gasteiger partial charge in [-0.25, -0.2) is 4.98 Å². The summed E-state index contributed by atoms with van der Waals surface area (Å²) in [5, 5.41) is 6.42. The molecule has 2 heterocycles. The minimum absolute atomic E-state index is 0.107. The number of hydrogen-bond donors (Lipinski definition) is 0. The van der Waals surface area contributed by atoms with E-state index in [1.807, 2.05) is 30.5 Å². The number of benzene rings is 2. The van der Waals surface area contributed by atoms with Crippen molar-refractivity contribution in [1.82, 2.24) is 14.2 Å². The van der Waals surface area contributed by atoms with Crippen LogP contribution in [0, 0.1) is 6.92 Å². The van der Waals surface area contributed by atoms with Crippen LogP contribution in [0.5, 0.6) is 0 Å². The van der Waals surface area contributed by atoms with Crippen molar-refractivity contribution in [3.63, 3.8) is 0 Å². The quantitative estimate of drug-likeness (QED) is 0.278. The lowest BCUT2D eigenvalue weighted by atomic mass is 10.1. The first-order valence-electron chi connectivity index (χ1n) is 11.2. The van der Waals surface area contributed by atoms with Crippen molar-refractivity contribution in [2.75, 3.05) is 0 Å². The SMILES string of the molecule is CC[C@H](C)c1nc2ccc(Br)cc2c(=O)n1N=Cc1c(C)n([C@@H](C)CC)c2ccccc12. The number of aromatic nitrogens is 3. The Balaban J connectivity index is 1.95. The first kappa shape index (κ1) is 22.5.